The smallest absolute Gasteiger partial charge is 0.228 e. The third kappa shape index (κ3) is 5.12. The Labute approximate surface area is 168 Å². The van der Waals surface area contributed by atoms with Crippen LogP contribution in [0, 0.1) is 24.1 Å². The minimum Gasteiger partial charge on any atom is -0.457 e. The Balaban J connectivity index is 1.74. The number of rotatable bonds is 5. The molecule has 28 heavy (non-hydrogen) atoms. The maximum Gasteiger partial charge on any atom is 0.228 e. The number of aryl methyl sites for hydroxylation is 1. The molecule has 0 bridgehead atoms. The highest BCUT2D eigenvalue weighted by molar-refractivity contribution is 7.80. The summed E-state index contributed by atoms with van der Waals surface area (Å²) in [5.74, 6) is 0.0148. The maximum absolute atomic E-state index is 13.6. The van der Waals surface area contributed by atoms with Crippen LogP contribution >= 0.6 is 12.6 Å². The molecule has 0 saturated carbocycles. The summed E-state index contributed by atoms with van der Waals surface area (Å²) >= 11 is 4.21. The zero-order valence-electron chi connectivity index (χ0n) is 15.1. The first-order valence-electron chi connectivity index (χ1n) is 8.50. The monoisotopic (exact) mass is 392 g/mol. The van der Waals surface area contributed by atoms with Gasteiger partial charge < -0.3 is 10.1 Å². The standard InChI is InChI=1S/C22H17FN2O2S/c1-14-2-3-15(11-22(26)25-18-4-6-20(28)7-5-18)10-21(14)27-19-9-16(13-24)8-17(23)12-19/h2-10,12,28H,11H2,1H3,(H,25,26). The lowest BCUT2D eigenvalue weighted by Crippen LogP contribution is -2.14. The van der Waals surface area contributed by atoms with Crippen LogP contribution in [0.25, 0.3) is 0 Å². The molecule has 0 saturated heterocycles. The predicted octanol–water partition coefficient (Wildman–Crippen LogP) is 5.27. The van der Waals surface area contributed by atoms with E-state index in [2.05, 4.69) is 17.9 Å². The van der Waals surface area contributed by atoms with E-state index in [1.165, 1.54) is 12.1 Å². The van der Waals surface area contributed by atoms with Crippen LogP contribution in [0.2, 0.25) is 0 Å². The predicted molar refractivity (Wildman–Crippen MR) is 108 cm³/mol. The van der Waals surface area contributed by atoms with Crippen LogP contribution in [0.4, 0.5) is 10.1 Å². The van der Waals surface area contributed by atoms with Gasteiger partial charge in [0.1, 0.15) is 17.3 Å². The lowest BCUT2D eigenvalue weighted by molar-refractivity contribution is -0.115. The summed E-state index contributed by atoms with van der Waals surface area (Å²) in [5, 5.41) is 11.8. The van der Waals surface area contributed by atoms with E-state index in [-0.39, 0.29) is 23.6 Å². The van der Waals surface area contributed by atoms with Gasteiger partial charge in [0.2, 0.25) is 5.91 Å². The second kappa shape index (κ2) is 8.59. The van der Waals surface area contributed by atoms with E-state index < -0.39 is 5.82 Å². The van der Waals surface area contributed by atoms with Crippen molar-refractivity contribution < 1.29 is 13.9 Å². The molecule has 0 unspecified atom stereocenters. The molecule has 140 valence electrons. The molecule has 0 atom stereocenters. The van der Waals surface area contributed by atoms with Crippen molar-refractivity contribution in [3.8, 4) is 17.6 Å². The van der Waals surface area contributed by atoms with Gasteiger partial charge in [-0.25, -0.2) is 4.39 Å². The van der Waals surface area contributed by atoms with Crippen LogP contribution in [0.3, 0.4) is 0 Å². The molecule has 6 heteroatoms. The molecule has 0 fully saturated rings. The average molecular weight is 392 g/mol. The Kier molecular flexibility index (Phi) is 5.97. The molecular formula is C22H17FN2O2S. The van der Waals surface area contributed by atoms with E-state index in [1.807, 2.05) is 25.1 Å². The van der Waals surface area contributed by atoms with Crippen LogP contribution in [0.5, 0.6) is 11.5 Å². The molecule has 0 aromatic heterocycles. The van der Waals surface area contributed by atoms with Crippen molar-refractivity contribution >= 4 is 24.2 Å². The van der Waals surface area contributed by atoms with Crippen molar-refractivity contribution in [3.63, 3.8) is 0 Å². The first kappa shape index (κ1) is 19.5. The zero-order chi connectivity index (χ0) is 20.1. The Morgan fingerprint density at radius 2 is 1.89 bits per heavy atom. The van der Waals surface area contributed by atoms with Gasteiger partial charge >= 0.3 is 0 Å². The van der Waals surface area contributed by atoms with Gasteiger partial charge in [-0.3, -0.25) is 4.79 Å². The number of carbonyl (C=O) groups excluding carboxylic acids is 1. The Bertz CT molecular complexity index is 1060. The molecule has 4 nitrogen and oxygen atoms in total. The molecule has 0 spiro atoms. The van der Waals surface area contributed by atoms with Gasteiger partial charge in [0.25, 0.3) is 0 Å². The summed E-state index contributed by atoms with van der Waals surface area (Å²) in [4.78, 5) is 13.1. The molecule has 3 rings (SSSR count). The van der Waals surface area contributed by atoms with E-state index >= 15 is 0 Å². The molecule has 0 radical (unpaired) electrons. The summed E-state index contributed by atoms with van der Waals surface area (Å²) in [6.45, 7) is 1.85. The van der Waals surface area contributed by atoms with Crippen LogP contribution in [-0.4, -0.2) is 5.91 Å². The van der Waals surface area contributed by atoms with Crippen LogP contribution < -0.4 is 10.1 Å². The number of anilines is 1. The summed E-state index contributed by atoms with van der Waals surface area (Å²) in [6.07, 6.45) is 0.159. The molecule has 1 amide bonds. The molecule has 0 aliphatic rings. The zero-order valence-corrected chi connectivity index (χ0v) is 16.0. The number of halogens is 1. The van der Waals surface area contributed by atoms with Gasteiger partial charge in [-0.2, -0.15) is 5.26 Å². The fraction of sp³-hybridized carbons (Fsp3) is 0.0909. The number of nitrogens with one attached hydrogen (secondary N) is 1. The van der Waals surface area contributed by atoms with Gasteiger partial charge in [0.15, 0.2) is 0 Å². The number of carbonyl (C=O) groups is 1. The Hall–Kier alpha value is -3.30. The van der Waals surface area contributed by atoms with E-state index in [9.17, 15) is 9.18 Å². The highest BCUT2D eigenvalue weighted by atomic mass is 32.1. The van der Waals surface area contributed by atoms with Crippen molar-refractivity contribution in [2.24, 2.45) is 0 Å². The fourth-order valence-corrected chi connectivity index (χ4v) is 2.76. The lowest BCUT2D eigenvalue weighted by Gasteiger charge is -2.11. The molecule has 0 aliphatic heterocycles. The number of nitrogens with zero attached hydrogens (tertiary/aromatic N) is 1. The van der Waals surface area contributed by atoms with E-state index in [0.717, 1.165) is 22.1 Å². The van der Waals surface area contributed by atoms with Gasteiger partial charge in [-0.05, 0) is 60.5 Å². The number of ether oxygens (including phenoxy) is 1. The van der Waals surface area contributed by atoms with E-state index in [0.29, 0.717) is 11.4 Å². The van der Waals surface area contributed by atoms with Crippen LogP contribution in [0.15, 0.2) is 65.6 Å². The molecule has 3 aromatic rings. The number of hydrogen-bond donors (Lipinski definition) is 2. The van der Waals surface area contributed by atoms with Crippen molar-refractivity contribution in [1.29, 1.82) is 5.26 Å². The number of hydrogen-bond acceptors (Lipinski definition) is 4. The summed E-state index contributed by atoms with van der Waals surface area (Å²) in [5.41, 5.74) is 2.45. The van der Waals surface area contributed by atoms with Crippen molar-refractivity contribution in [1.82, 2.24) is 0 Å². The largest absolute Gasteiger partial charge is 0.457 e. The Morgan fingerprint density at radius 1 is 1.14 bits per heavy atom. The average Bonchev–Trinajstić information content (AvgIpc) is 2.66. The van der Waals surface area contributed by atoms with Crippen LogP contribution in [0.1, 0.15) is 16.7 Å². The first-order chi connectivity index (χ1) is 13.4. The SMILES string of the molecule is Cc1ccc(CC(=O)Nc2ccc(S)cc2)cc1Oc1cc(F)cc(C#N)c1. The quantitative estimate of drug-likeness (QED) is 0.582. The van der Waals surface area contributed by atoms with Crippen molar-refractivity contribution in [3.05, 3.63) is 83.2 Å². The van der Waals surface area contributed by atoms with Gasteiger partial charge in [0.05, 0.1) is 18.1 Å². The lowest BCUT2D eigenvalue weighted by atomic mass is 10.1. The van der Waals surface area contributed by atoms with E-state index in [4.69, 9.17) is 10.00 Å². The maximum atomic E-state index is 13.6. The normalized spacial score (nSPS) is 10.2. The number of benzene rings is 3. The third-order valence-corrected chi connectivity index (χ3v) is 4.29. The van der Waals surface area contributed by atoms with Crippen molar-refractivity contribution in [2.75, 3.05) is 5.32 Å². The van der Waals surface area contributed by atoms with Crippen LogP contribution in [-0.2, 0) is 11.2 Å². The number of nitriles is 1. The summed E-state index contributed by atoms with van der Waals surface area (Å²) in [7, 11) is 0. The topological polar surface area (TPSA) is 62.1 Å². The molecule has 0 heterocycles. The van der Waals surface area contributed by atoms with E-state index in [1.54, 1.807) is 30.3 Å². The minimum atomic E-state index is -0.547. The third-order valence-electron chi connectivity index (χ3n) is 4.00. The van der Waals surface area contributed by atoms with Gasteiger partial charge in [-0.1, -0.05) is 12.1 Å². The second-order valence-electron chi connectivity index (χ2n) is 6.26. The second-order valence-corrected chi connectivity index (χ2v) is 6.78. The Morgan fingerprint density at radius 3 is 2.61 bits per heavy atom. The summed E-state index contributed by atoms with van der Waals surface area (Å²) in [6, 6.07) is 18.3. The highest BCUT2D eigenvalue weighted by Gasteiger charge is 2.09. The highest BCUT2D eigenvalue weighted by Crippen LogP contribution is 2.28. The molecule has 1 N–H and O–H groups in total. The fourth-order valence-electron chi connectivity index (χ4n) is 2.61. The summed E-state index contributed by atoms with van der Waals surface area (Å²) < 4.78 is 19.4. The van der Waals surface area contributed by atoms with Gasteiger partial charge in [0, 0.05) is 16.6 Å². The molecule has 0 aliphatic carbocycles. The molecular weight excluding hydrogens is 375 g/mol. The minimum absolute atomic E-state index is 0.159. The molecule has 3 aromatic carbocycles. The van der Waals surface area contributed by atoms with Gasteiger partial charge in [-0.15, -0.1) is 12.6 Å². The first-order valence-corrected chi connectivity index (χ1v) is 8.94. The number of amides is 1. The van der Waals surface area contributed by atoms with Crippen molar-refractivity contribution in [2.45, 2.75) is 18.2 Å². The number of thiol groups is 1.